The maximum absolute atomic E-state index is 3.06. The molecule has 2 atom stereocenters. The van der Waals surface area contributed by atoms with E-state index in [1.54, 1.807) is 0 Å². The Bertz CT molecular complexity index is 1790. The number of hydrogen-bond acceptors (Lipinski definition) is 0. The molecule has 0 nitrogen and oxygen atoms in total. The van der Waals surface area contributed by atoms with Crippen LogP contribution in [-0.2, 0) is 0 Å². The van der Waals surface area contributed by atoms with Gasteiger partial charge < -0.3 is 0 Å². The molecule has 1 aliphatic carbocycles. The monoisotopic (exact) mass is 520 g/mol. The summed E-state index contributed by atoms with van der Waals surface area (Å²) in [6.45, 7) is 0. The third-order valence-electron chi connectivity index (χ3n) is 7.58. The molecular weight excluding hydrogens is 494 g/mol. The quantitative estimate of drug-likeness (QED) is 0.203. The van der Waals surface area contributed by atoms with Gasteiger partial charge in [0.25, 0.3) is 0 Å². The van der Waals surface area contributed by atoms with Crippen LogP contribution in [0.3, 0.4) is 0 Å². The first kappa shape index (κ1) is 23.3. The van der Waals surface area contributed by atoms with Crippen LogP contribution in [0.5, 0.6) is 0 Å². The minimum Gasteiger partial charge on any atom is -0.104 e. The highest BCUT2D eigenvalue weighted by Crippen LogP contribution is 2.59. The molecule has 0 amide bonds. The van der Waals surface area contributed by atoms with Crippen LogP contribution in [0.2, 0.25) is 0 Å². The highest BCUT2D eigenvalue weighted by atomic mass is 31.0. The second-order valence-corrected chi connectivity index (χ2v) is 10.9. The van der Waals surface area contributed by atoms with Crippen molar-refractivity contribution in [1.29, 1.82) is 0 Å². The number of fused-ring (bicyclic) bond motifs is 4. The fraction of sp³-hybridized carbons (Fsp3) is 0. The van der Waals surface area contributed by atoms with Crippen molar-refractivity contribution in [2.45, 2.75) is 0 Å². The SMILES string of the molecule is Pc1c(P)c2c(c(-c3ccccc3)c1-c1ccccc1)-c1c-2ccc(-c2ccccc2)c1-c1ccccc1. The third kappa shape index (κ3) is 3.60. The fourth-order valence-electron chi connectivity index (χ4n) is 5.89. The molecule has 0 aromatic heterocycles. The van der Waals surface area contributed by atoms with Gasteiger partial charge in [-0.15, -0.1) is 18.5 Å². The van der Waals surface area contributed by atoms with Gasteiger partial charge in [0, 0.05) is 0 Å². The van der Waals surface area contributed by atoms with Gasteiger partial charge in [-0.05, 0) is 77.4 Å². The Hall–Kier alpha value is -3.82. The van der Waals surface area contributed by atoms with E-state index in [9.17, 15) is 0 Å². The predicted molar refractivity (Wildman–Crippen MR) is 171 cm³/mol. The van der Waals surface area contributed by atoms with Gasteiger partial charge >= 0.3 is 0 Å². The molecule has 2 unspecified atom stereocenters. The Balaban J connectivity index is 1.63. The average Bonchev–Trinajstić information content (AvgIpc) is 2.98. The van der Waals surface area contributed by atoms with E-state index < -0.39 is 0 Å². The number of hydrogen-bond donors (Lipinski definition) is 0. The van der Waals surface area contributed by atoms with E-state index in [2.05, 4.69) is 152 Å². The van der Waals surface area contributed by atoms with Gasteiger partial charge in [-0.1, -0.05) is 133 Å². The molecule has 0 saturated heterocycles. The van der Waals surface area contributed by atoms with Crippen LogP contribution < -0.4 is 10.6 Å². The highest BCUT2D eigenvalue weighted by Gasteiger charge is 2.35. The van der Waals surface area contributed by atoms with E-state index >= 15 is 0 Å². The Labute approximate surface area is 228 Å². The van der Waals surface area contributed by atoms with Crippen LogP contribution in [0.4, 0.5) is 0 Å². The molecule has 38 heavy (non-hydrogen) atoms. The van der Waals surface area contributed by atoms with Crippen molar-refractivity contribution in [1.82, 2.24) is 0 Å². The van der Waals surface area contributed by atoms with Crippen molar-refractivity contribution < 1.29 is 0 Å². The van der Waals surface area contributed by atoms with Crippen molar-refractivity contribution >= 4 is 29.1 Å². The molecule has 0 aliphatic heterocycles. The van der Waals surface area contributed by atoms with Gasteiger partial charge in [0.2, 0.25) is 0 Å². The lowest BCUT2D eigenvalue weighted by Gasteiger charge is -2.35. The molecule has 0 saturated carbocycles. The van der Waals surface area contributed by atoms with Crippen molar-refractivity contribution in [3.05, 3.63) is 133 Å². The van der Waals surface area contributed by atoms with Gasteiger partial charge in [0.1, 0.15) is 0 Å². The molecule has 2 heteroatoms. The fourth-order valence-corrected chi connectivity index (χ4v) is 6.79. The van der Waals surface area contributed by atoms with Gasteiger partial charge in [0.15, 0.2) is 0 Å². The predicted octanol–water partition coefficient (Wildman–Crippen LogP) is 9.00. The van der Waals surface area contributed by atoms with Gasteiger partial charge in [-0.2, -0.15) is 0 Å². The first-order chi connectivity index (χ1) is 18.7. The molecule has 0 N–H and O–H groups in total. The van der Waals surface area contributed by atoms with Gasteiger partial charge in [-0.25, -0.2) is 0 Å². The van der Waals surface area contributed by atoms with E-state index in [4.69, 9.17) is 0 Å². The zero-order valence-electron chi connectivity index (χ0n) is 20.9. The Morgan fingerprint density at radius 2 is 0.658 bits per heavy atom. The zero-order valence-corrected chi connectivity index (χ0v) is 23.2. The topological polar surface area (TPSA) is 0 Å². The summed E-state index contributed by atoms with van der Waals surface area (Å²) in [6, 6.07) is 47.9. The van der Waals surface area contributed by atoms with Crippen LogP contribution in [0.25, 0.3) is 66.8 Å². The van der Waals surface area contributed by atoms with Gasteiger partial charge in [0.05, 0.1) is 0 Å². The van der Waals surface area contributed by atoms with Crippen LogP contribution in [0.15, 0.2) is 133 Å². The van der Waals surface area contributed by atoms with E-state index in [-0.39, 0.29) is 0 Å². The molecule has 0 fully saturated rings. The van der Waals surface area contributed by atoms with Crippen molar-refractivity contribution in [3.63, 3.8) is 0 Å². The summed E-state index contributed by atoms with van der Waals surface area (Å²) in [5.41, 5.74) is 15.5. The third-order valence-corrected chi connectivity index (χ3v) is 9.11. The lowest BCUT2D eigenvalue weighted by Crippen LogP contribution is -2.24. The summed E-state index contributed by atoms with van der Waals surface area (Å²) in [7, 11) is 6.11. The first-order valence-corrected chi connectivity index (χ1v) is 14.0. The summed E-state index contributed by atoms with van der Waals surface area (Å²) < 4.78 is 0. The average molecular weight is 521 g/mol. The Morgan fingerprint density at radius 1 is 0.263 bits per heavy atom. The Kier molecular flexibility index (Phi) is 5.82. The van der Waals surface area contributed by atoms with Crippen LogP contribution in [0.1, 0.15) is 0 Å². The van der Waals surface area contributed by atoms with Crippen LogP contribution in [-0.4, -0.2) is 0 Å². The molecule has 0 spiro atoms. The standard InChI is InChI=1S/C36H26P2/c37-35-31(26-19-11-4-12-20-26)30(25-17-9-3-10-18-25)34-32-28(33(34)36(35)38)22-21-27(23-13-5-1-6-14-23)29(32)24-15-7-2-8-16-24/h1-22H,37-38H2. The maximum Gasteiger partial charge on any atom is -0.0000929 e. The van der Waals surface area contributed by atoms with E-state index in [0.29, 0.717) is 0 Å². The molecule has 0 radical (unpaired) electrons. The summed E-state index contributed by atoms with van der Waals surface area (Å²) >= 11 is 0. The molecule has 6 aromatic rings. The lowest BCUT2D eigenvalue weighted by atomic mass is 9.70. The normalized spacial score (nSPS) is 11.4. The Morgan fingerprint density at radius 3 is 1.18 bits per heavy atom. The van der Waals surface area contributed by atoms with Crippen LogP contribution >= 0.6 is 18.5 Å². The molecular formula is C36H26P2. The van der Waals surface area contributed by atoms with E-state index in [1.807, 2.05) is 0 Å². The molecule has 1 aliphatic rings. The summed E-state index contributed by atoms with van der Waals surface area (Å²) in [4.78, 5) is 0. The smallest absolute Gasteiger partial charge is 0.0000929 e. The second kappa shape index (κ2) is 9.49. The second-order valence-electron chi connectivity index (χ2n) is 9.70. The molecule has 0 bridgehead atoms. The molecule has 6 aromatic carbocycles. The molecule has 7 rings (SSSR count). The molecule has 0 heterocycles. The number of rotatable bonds is 4. The van der Waals surface area contributed by atoms with E-state index in [1.165, 1.54) is 77.4 Å². The first-order valence-electron chi connectivity index (χ1n) is 12.9. The number of benzene rings is 6. The minimum absolute atomic E-state index is 1.23. The largest absolute Gasteiger partial charge is 0.104 e. The summed E-state index contributed by atoms with van der Waals surface area (Å²) in [5, 5.41) is 2.49. The highest BCUT2D eigenvalue weighted by molar-refractivity contribution is 7.36. The lowest BCUT2D eigenvalue weighted by molar-refractivity contribution is 1.50. The molecule has 180 valence electrons. The summed E-state index contributed by atoms with van der Waals surface area (Å²) in [6.07, 6.45) is 0. The van der Waals surface area contributed by atoms with Crippen molar-refractivity contribution in [3.8, 4) is 66.8 Å². The van der Waals surface area contributed by atoms with E-state index in [0.717, 1.165) is 0 Å². The zero-order chi connectivity index (χ0) is 25.6. The van der Waals surface area contributed by atoms with Crippen molar-refractivity contribution in [2.75, 3.05) is 0 Å². The minimum atomic E-state index is 1.23. The van der Waals surface area contributed by atoms with Gasteiger partial charge in [-0.3, -0.25) is 0 Å². The van der Waals surface area contributed by atoms with Crippen molar-refractivity contribution in [2.24, 2.45) is 0 Å². The van der Waals surface area contributed by atoms with Crippen LogP contribution in [0, 0.1) is 0 Å². The summed E-state index contributed by atoms with van der Waals surface area (Å²) in [5.74, 6) is 0. The maximum atomic E-state index is 3.06.